The number of hydrogen-bond acceptors (Lipinski definition) is 3. The minimum absolute atomic E-state index is 0.511. The molecule has 0 unspecified atom stereocenters. The Labute approximate surface area is 110 Å². The van der Waals surface area contributed by atoms with Crippen molar-refractivity contribution < 1.29 is 4.74 Å². The van der Waals surface area contributed by atoms with Gasteiger partial charge >= 0.3 is 0 Å². The average molecular weight is 268 g/mol. The molecule has 2 nitrogen and oxygen atoms in total. The van der Waals surface area contributed by atoms with E-state index < -0.39 is 0 Å². The van der Waals surface area contributed by atoms with Crippen LogP contribution in [0.4, 0.5) is 0 Å². The summed E-state index contributed by atoms with van der Waals surface area (Å²) in [6, 6.07) is 8.17. The van der Waals surface area contributed by atoms with Crippen molar-refractivity contribution in [3.05, 3.63) is 45.4 Å². The van der Waals surface area contributed by atoms with Crippen molar-refractivity contribution in [1.29, 1.82) is 0 Å². The van der Waals surface area contributed by atoms with Crippen molar-refractivity contribution in [3.8, 4) is 5.75 Å². The van der Waals surface area contributed by atoms with Crippen LogP contribution in [0.1, 0.15) is 30.2 Å². The fourth-order valence-corrected chi connectivity index (χ4v) is 2.36. The Kier molecular flexibility index (Phi) is 4.02. The van der Waals surface area contributed by atoms with Gasteiger partial charge in [0.1, 0.15) is 12.4 Å². The van der Waals surface area contributed by atoms with Gasteiger partial charge in [0, 0.05) is 6.20 Å². The van der Waals surface area contributed by atoms with Crippen LogP contribution in [0.3, 0.4) is 0 Å². The number of halogens is 1. The molecule has 1 aromatic heterocycles. The summed E-state index contributed by atoms with van der Waals surface area (Å²) in [7, 11) is 0. The maximum atomic E-state index is 5.76. The van der Waals surface area contributed by atoms with E-state index in [-0.39, 0.29) is 0 Å². The first kappa shape index (κ1) is 12.4. The summed E-state index contributed by atoms with van der Waals surface area (Å²) in [5.74, 6) is 1.40. The average Bonchev–Trinajstić information content (AvgIpc) is 2.73. The molecule has 0 bridgehead atoms. The molecule has 0 fully saturated rings. The molecule has 17 heavy (non-hydrogen) atoms. The second-order valence-corrected chi connectivity index (χ2v) is 5.79. The number of rotatable bonds is 4. The minimum Gasteiger partial charge on any atom is -0.488 e. The third-order valence-electron chi connectivity index (χ3n) is 2.43. The summed E-state index contributed by atoms with van der Waals surface area (Å²) >= 11 is 7.21. The number of thiazole rings is 1. The summed E-state index contributed by atoms with van der Waals surface area (Å²) in [6.45, 7) is 4.86. The highest BCUT2D eigenvalue weighted by Gasteiger charge is 2.03. The Morgan fingerprint density at radius 2 is 2.24 bits per heavy atom. The van der Waals surface area contributed by atoms with Crippen LogP contribution in [0.15, 0.2) is 30.5 Å². The molecule has 4 heteroatoms. The molecule has 1 heterocycles. The molecule has 2 aromatic rings. The summed E-state index contributed by atoms with van der Waals surface area (Å²) in [5, 5.41) is 0. The zero-order chi connectivity index (χ0) is 12.3. The zero-order valence-corrected chi connectivity index (χ0v) is 11.4. The molecule has 1 aromatic carbocycles. The lowest BCUT2D eigenvalue weighted by atomic mass is 10.0. The standard InChI is InChI=1S/C13H14ClNOS/c1-9(2)10-4-3-5-11(6-10)16-8-12-7-15-13(14)17-12/h3-7,9H,8H2,1-2H3. The van der Waals surface area contributed by atoms with Gasteiger partial charge in [0.05, 0.1) is 4.88 Å². The molecule has 2 rings (SSSR count). The third-order valence-corrected chi connectivity index (χ3v) is 3.52. The number of hydrogen-bond donors (Lipinski definition) is 0. The quantitative estimate of drug-likeness (QED) is 0.814. The maximum absolute atomic E-state index is 5.76. The first-order chi connectivity index (χ1) is 8.15. The lowest BCUT2D eigenvalue weighted by molar-refractivity contribution is 0.309. The van der Waals surface area contributed by atoms with Crippen molar-refractivity contribution >= 4 is 22.9 Å². The van der Waals surface area contributed by atoms with Gasteiger partial charge in [0.2, 0.25) is 0 Å². The van der Waals surface area contributed by atoms with Crippen LogP contribution in [0.2, 0.25) is 4.47 Å². The maximum Gasteiger partial charge on any atom is 0.183 e. The van der Waals surface area contributed by atoms with Gasteiger partial charge in [-0.15, -0.1) is 11.3 Å². The molecule has 0 aliphatic carbocycles. The molecule has 0 atom stereocenters. The molecule has 90 valence electrons. The van der Waals surface area contributed by atoms with Crippen molar-refractivity contribution in [2.24, 2.45) is 0 Å². The summed E-state index contributed by atoms with van der Waals surface area (Å²) in [4.78, 5) is 5.01. The molecule has 0 spiro atoms. The molecule has 0 aliphatic rings. The van der Waals surface area contributed by atoms with Crippen molar-refractivity contribution in [3.63, 3.8) is 0 Å². The van der Waals surface area contributed by atoms with Crippen LogP contribution < -0.4 is 4.74 Å². The Morgan fingerprint density at radius 1 is 1.41 bits per heavy atom. The second kappa shape index (κ2) is 5.52. The summed E-state index contributed by atoms with van der Waals surface area (Å²) in [5.41, 5.74) is 1.28. The summed E-state index contributed by atoms with van der Waals surface area (Å²) < 4.78 is 6.26. The molecule has 0 aliphatic heterocycles. The van der Waals surface area contributed by atoms with Crippen LogP contribution in [0.25, 0.3) is 0 Å². The van der Waals surface area contributed by atoms with E-state index in [4.69, 9.17) is 16.3 Å². The fourth-order valence-electron chi connectivity index (χ4n) is 1.47. The van der Waals surface area contributed by atoms with E-state index in [1.54, 1.807) is 6.20 Å². The Balaban J connectivity index is 2.01. The molecule has 0 radical (unpaired) electrons. The molecule has 0 saturated heterocycles. The first-order valence-electron chi connectivity index (χ1n) is 5.48. The van der Waals surface area contributed by atoms with Crippen LogP contribution in [-0.2, 0) is 6.61 Å². The lowest BCUT2D eigenvalue weighted by Gasteiger charge is -2.08. The normalized spacial score (nSPS) is 10.8. The summed E-state index contributed by atoms with van der Waals surface area (Å²) in [6.07, 6.45) is 1.75. The van der Waals surface area contributed by atoms with Gasteiger partial charge in [-0.3, -0.25) is 0 Å². The highest BCUT2D eigenvalue weighted by atomic mass is 35.5. The molecule has 0 saturated carbocycles. The van der Waals surface area contributed by atoms with Crippen molar-refractivity contribution in [1.82, 2.24) is 4.98 Å². The predicted octanol–water partition coefficient (Wildman–Crippen LogP) is 4.50. The van der Waals surface area contributed by atoms with Gasteiger partial charge in [0.15, 0.2) is 4.47 Å². The predicted molar refractivity (Wildman–Crippen MR) is 72.0 cm³/mol. The highest BCUT2D eigenvalue weighted by Crippen LogP contribution is 2.23. The van der Waals surface area contributed by atoms with E-state index in [1.165, 1.54) is 16.9 Å². The largest absolute Gasteiger partial charge is 0.488 e. The molecular formula is C13H14ClNOS. The highest BCUT2D eigenvalue weighted by molar-refractivity contribution is 7.15. The topological polar surface area (TPSA) is 22.1 Å². The number of ether oxygens (including phenoxy) is 1. The van der Waals surface area contributed by atoms with Crippen LogP contribution in [-0.4, -0.2) is 4.98 Å². The van der Waals surface area contributed by atoms with Gasteiger partial charge in [-0.05, 0) is 23.6 Å². The van der Waals surface area contributed by atoms with Gasteiger partial charge in [0.25, 0.3) is 0 Å². The van der Waals surface area contributed by atoms with Gasteiger partial charge in [-0.25, -0.2) is 4.98 Å². The van der Waals surface area contributed by atoms with Gasteiger partial charge < -0.3 is 4.74 Å². The minimum atomic E-state index is 0.511. The van der Waals surface area contributed by atoms with Crippen LogP contribution >= 0.6 is 22.9 Å². The molecule has 0 amide bonds. The van der Waals surface area contributed by atoms with E-state index in [2.05, 4.69) is 31.0 Å². The van der Waals surface area contributed by atoms with E-state index >= 15 is 0 Å². The molecular weight excluding hydrogens is 254 g/mol. The van der Waals surface area contributed by atoms with Gasteiger partial charge in [-0.1, -0.05) is 37.6 Å². The Hall–Kier alpha value is -1.06. The zero-order valence-electron chi connectivity index (χ0n) is 9.81. The second-order valence-electron chi connectivity index (χ2n) is 4.10. The fraction of sp³-hybridized carbons (Fsp3) is 0.308. The SMILES string of the molecule is CC(C)c1cccc(OCc2cnc(Cl)s2)c1. The lowest BCUT2D eigenvalue weighted by Crippen LogP contribution is -1.94. The van der Waals surface area contributed by atoms with Crippen molar-refractivity contribution in [2.75, 3.05) is 0 Å². The first-order valence-corrected chi connectivity index (χ1v) is 6.67. The third kappa shape index (κ3) is 3.45. The van der Waals surface area contributed by atoms with E-state index in [9.17, 15) is 0 Å². The molecule has 0 N–H and O–H groups in total. The smallest absolute Gasteiger partial charge is 0.183 e. The van der Waals surface area contributed by atoms with E-state index in [0.29, 0.717) is 17.0 Å². The monoisotopic (exact) mass is 267 g/mol. The van der Waals surface area contributed by atoms with Crippen LogP contribution in [0.5, 0.6) is 5.75 Å². The van der Waals surface area contributed by atoms with E-state index in [1.807, 2.05) is 12.1 Å². The van der Waals surface area contributed by atoms with Crippen molar-refractivity contribution in [2.45, 2.75) is 26.4 Å². The van der Waals surface area contributed by atoms with E-state index in [0.717, 1.165) is 10.6 Å². The Morgan fingerprint density at radius 3 is 2.88 bits per heavy atom. The number of benzene rings is 1. The van der Waals surface area contributed by atoms with Gasteiger partial charge in [-0.2, -0.15) is 0 Å². The number of nitrogens with zero attached hydrogens (tertiary/aromatic N) is 1. The Bertz CT molecular complexity index is 496. The van der Waals surface area contributed by atoms with Crippen LogP contribution in [0, 0.1) is 0 Å². The number of aromatic nitrogens is 1.